The Hall–Kier alpha value is -3.00. The SMILES string of the molecule is Cc1ccsc1-c1nc(-c2ccc3c(c2)ncn3CCC(=O)N2CCCCCC2)no1. The first-order chi connectivity index (χ1) is 15.2. The lowest BCUT2D eigenvalue weighted by Crippen LogP contribution is -2.32. The molecule has 4 heterocycles. The summed E-state index contributed by atoms with van der Waals surface area (Å²) in [6.07, 6.45) is 7.00. The van der Waals surface area contributed by atoms with Crippen molar-refractivity contribution >= 4 is 28.3 Å². The van der Waals surface area contributed by atoms with Gasteiger partial charge < -0.3 is 14.0 Å². The van der Waals surface area contributed by atoms with Crippen molar-refractivity contribution in [1.29, 1.82) is 0 Å². The van der Waals surface area contributed by atoms with Gasteiger partial charge in [0.05, 0.1) is 22.2 Å². The zero-order valence-corrected chi connectivity index (χ0v) is 18.4. The minimum atomic E-state index is 0.239. The summed E-state index contributed by atoms with van der Waals surface area (Å²) in [5, 5.41) is 6.17. The molecule has 4 aromatic rings. The molecule has 1 amide bonds. The van der Waals surface area contributed by atoms with Gasteiger partial charge in [-0.2, -0.15) is 4.98 Å². The second-order valence-corrected chi connectivity index (χ2v) is 8.96. The highest BCUT2D eigenvalue weighted by Gasteiger charge is 2.17. The fourth-order valence-electron chi connectivity index (χ4n) is 4.10. The molecule has 0 N–H and O–H groups in total. The summed E-state index contributed by atoms with van der Waals surface area (Å²) in [5.41, 5.74) is 3.86. The molecule has 160 valence electrons. The van der Waals surface area contributed by atoms with Crippen molar-refractivity contribution in [2.75, 3.05) is 13.1 Å². The van der Waals surface area contributed by atoms with Crippen LogP contribution in [-0.2, 0) is 11.3 Å². The van der Waals surface area contributed by atoms with Crippen LogP contribution in [-0.4, -0.2) is 43.6 Å². The van der Waals surface area contributed by atoms with E-state index in [1.54, 1.807) is 17.7 Å². The van der Waals surface area contributed by atoms with Gasteiger partial charge in [-0.1, -0.05) is 18.0 Å². The van der Waals surface area contributed by atoms with Gasteiger partial charge >= 0.3 is 0 Å². The van der Waals surface area contributed by atoms with Crippen molar-refractivity contribution < 1.29 is 9.32 Å². The molecule has 1 fully saturated rings. The molecule has 7 nitrogen and oxygen atoms in total. The van der Waals surface area contributed by atoms with Crippen molar-refractivity contribution in [3.8, 4) is 22.2 Å². The van der Waals surface area contributed by atoms with Crippen LogP contribution in [0.1, 0.15) is 37.7 Å². The fraction of sp³-hybridized carbons (Fsp3) is 0.391. The molecule has 0 aliphatic carbocycles. The average molecular weight is 436 g/mol. The van der Waals surface area contributed by atoms with E-state index in [-0.39, 0.29) is 5.91 Å². The number of hydrogen-bond donors (Lipinski definition) is 0. The van der Waals surface area contributed by atoms with E-state index < -0.39 is 0 Å². The Bertz CT molecular complexity index is 1200. The van der Waals surface area contributed by atoms with E-state index in [1.807, 2.05) is 46.0 Å². The third-order valence-corrected chi connectivity index (χ3v) is 6.89. The molecule has 0 spiro atoms. The number of nitrogens with zero attached hydrogens (tertiary/aromatic N) is 5. The highest BCUT2D eigenvalue weighted by molar-refractivity contribution is 7.13. The van der Waals surface area contributed by atoms with Gasteiger partial charge in [0.2, 0.25) is 11.7 Å². The minimum Gasteiger partial charge on any atom is -0.343 e. The van der Waals surface area contributed by atoms with Crippen LogP contribution in [0, 0.1) is 6.92 Å². The molecule has 1 aliphatic rings. The van der Waals surface area contributed by atoms with E-state index in [0.29, 0.717) is 24.7 Å². The van der Waals surface area contributed by atoms with Crippen molar-refractivity contribution in [3.05, 3.63) is 41.5 Å². The van der Waals surface area contributed by atoms with E-state index in [2.05, 4.69) is 15.1 Å². The summed E-state index contributed by atoms with van der Waals surface area (Å²) < 4.78 is 7.52. The van der Waals surface area contributed by atoms with Gasteiger partial charge in [-0.3, -0.25) is 4.79 Å². The quantitative estimate of drug-likeness (QED) is 0.445. The van der Waals surface area contributed by atoms with Crippen molar-refractivity contribution in [1.82, 2.24) is 24.6 Å². The van der Waals surface area contributed by atoms with E-state index >= 15 is 0 Å². The molecule has 1 saturated heterocycles. The van der Waals surface area contributed by atoms with Crippen LogP contribution >= 0.6 is 11.3 Å². The van der Waals surface area contributed by atoms with Gasteiger partial charge in [0.15, 0.2) is 0 Å². The Morgan fingerprint density at radius 1 is 1.16 bits per heavy atom. The van der Waals surface area contributed by atoms with Crippen LogP contribution in [0.3, 0.4) is 0 Å². The first-order valence-electron chi connectivity index (χ1n) is 10.8. The normalized spacial score (nSPS) is 14.8. The number of carbonyl (C=O) groups is 1. The summed E-state index contributed by atoms with van der Waals surface area (Å²) in [4.78, 5) is 24.7. The minimum absolute atomic E-state index is 0.239. The number of thiophene rings is 1. The number of likely N-dealkylation sites (tertiary alicyclic amines) is 1. The smallest absolute Gasteiger partial charge is 0.268 e. The topological polar surface area (TPSA) is 77.1 Å². The number of carbonyl (C=O) groups excluding carboxylic acids is 1. The predicted molar refractivity (Wildman–Crippen MR) is 121 cm³/mol. The van der Waals surface area contributed by atoms with E-state index in [9.17, 15) is 4.79 Å². The number of aryl methyl sites for hydroxylation is 2. The molecule has 3 aromatic heterocycles. The second kappa shape index (κ2) is 8.63. The zero-order valence-electron chi connectivity index (χ0n) is 17.6. The summed E-state index contributed by atoms with van der Waals surface area (Å²) >= 11 is 1.59. The molecule has 0 radical (unpaired) electrons. The summed E-state index contributed by atoms with van der Waals surface area (Å²) in [7, 11) is 0. The molecule has 5 rings (SSSR count). The monoisotopic (exact) mass is 435 g/mol. The number of fused-ring (bicyclic) bond motifs is 1. The van der Waals surface area contributed by atoms with Gasteiger partial charge in [0.1, 0.15) is 0 Å². The van der Waals surface area contributed by atoms with Crippen LogP contribution in [0.2, 0.25) is 0 Å². The number of aromatic nitrogens is 4. The van der Waals surface area contributed by atoms with Crippen LogP contribution in [0.4, 0.5) is 0 Å². The van der Waals surface area contributed by atoms with Gasteiger partial charge in [-0.15, -0.1) is 11.3 Å². The number of benzene rings is 1. The summed E-state index contributed by atoms with van der Waals surface area (Å²) in [6.45, 7) is 4.45. The van der Waals surface area contributed by atoms with Crippen LogP contribution in [0.15, 0.2) is 40.5 Å². The van der Waals surface area contributed by atoms with Gasteiger partial charge in [-0.05, 0) is 55.0 Å². The zero-order chi connectivity index (χ0) is 21.2. The van der Waals surface area contributed by atoms with Crippen LogP contribution in [0.5, 0.6) is 0 Å². The van der Waals surface area contributed by atoms with Gasteiger partial charge in [0.25, 0.3) is 5.89 Å². The molecular weight excluding hydrogens is 410 g/mol. The molecule has 8 heteroatoms. The number of amides is 1. The first kappa shape index (κ1) is 19.9. The number of rotatable bonds is 5. The Morgan fingerprint density at radius 3 is 2.77 bits per heavy atom. The maximum Gasteiger partial charge on any atom is 0.268 e. The predicted octanol–water partition coefficient (Wildman–Crippen LogP) is 4.92. The molecule has 1 aliphatic heterocycles. The highest BCUT2D eigenvalue weighted by atomic mass is 32.1. The largest absolute Gasteiger partial charge is 0.343 e. The third kappa shape index (κ3) is 4.12. The van der Waals surface area contributed by atoms with Gasteiger partial charge in [-0.25, -0.2) is 4.98 Å². The maximum absolute atomic E-state index is 12.6. The standard InChI is InChI=1S/C23H25N5O2S/c1-16-9-13-31-21(16)23-25-22(26-30-23)17-6-7-19-18(14-17)24-15-28(19)12-8-20(29)27-10-4-2-3-5-11-27/h6-7,9,13-15H,2-5,8,10-12H2,1H3. The van der Waals surface area contributed by atoms with Crippen molar-refractivity contribution in [2.45, 2.75) is 45.6 Å². The molecule has 0 bridgehead atoms. The summed E-state index contributed by atoms with van der Waals surface area (Å²) in [6, 6.07) is 8.01. The summed E-state index contributed by atoms with van der Waals surface area (Å²) in [5.74, 6) is 1.33. The Kier molecular flexibility index (Phi) is 5.55. The van der Waals surface area contributed by atoms with E-state index in [0.717, 1.165) is 53.0 Å². The maximum atomic E-state index is 12.6. The lowest BCUT2D eigenvalue weighted by Gasteiger charge is -2.20. The lowest BCUT2D eigenvalue weighted by molar-refractivity contribution is -0.131. The fourth-order valence-corrected chi connectivity index (χ4v) is 4.95. The number of imidazole rings is 1. The third-order valence-electron chi connectivity index (χ3n) is 5.89. The average Bonchev–Trinajstić information content (AvgIpc) is 3.47. The van der Waals surface area contributed by atoms with E-state index in [4.69, 9.17) is 4.52 Å². The molecular formula is C23H25N5O2S. The molecule has 0 unspecified atom stereocenters. The Labute approximate surface area is 184 Å². The van der Waals surface area contributed by atoms with E-state index in [1.165, 1.54) is 12.8 Å². The van der Waals surface area contributed by atoms with Crippen molar-refractivity contribution in [2.24, 2.45) is 0 Å². The molecule has 1 aromatic carbocycles. The molecule has 0 saturated carbocycles. The van der Waals surface area contributed by atoms with Crippen molar-refractivity contribution in [3.63, 3.8) is 0 Å². The van der Waals surface area contributed by atoms with Crippen LogP contribution < -0.4 is 0 Å². The highest BCUT2D eigenvalue weighted by Crippen LogP contribution is 2.30. The van der Waals surface area contributed by atoms with Crippen LogP contribution in [0.25, 0.3) is 33.2 Å². The second-order valence-electron chi connectivity index (χ2n) is 8.04. The lowest BCUT2D eigenvalue weighted by atomic mass is 10.2. The molecule has 31 heavy (non-hydrogen) atoms. The Balaban J connectivity index is 1.30. The first-order valence-corrected chi connectivity index (χ1v) is 11.7. The Morgan fingerprint density at radius 2 is 2.00 bits per heavy atom. The number of hydrogen-bond acceptors (Lipinski definition) is 6. The van der Waals surface area contributed by atoms with Gasteiger partial charge in [0, 0.05) is 31.6 Å². The molecule has 0 atom stereocenters.